The van der Waals surface area contributed by atoms with Crippen LogP contribution in [0.1, 0.15) is 31.7 Å². The summed E-state index contributed by atoms with van der Waals surface area (Å²) in [5.41, 5.74) is 7.15. The average molecular weight is 1050 g/mol. The quantitative estimate of drug-likeness (QED) is 0.0388. The van der Waals surface area contributed by atoms with E-state index in [9.17, 15) is 36.9 Å². The van der Waals surface area contributed by atoms with Crippen LogP contribution in [-0.4, -0.2) is 230 Å². The van der Waals surface area contributed by atoms with Crippen LogP contribution in [0.25, 0.3) is 6.08 Å². The first-order valence-corrected chi connectivity index (χ1v) is 25.3. The first kappa shape index (κ1) is 61.3. The maximum atomic E-state index is 13.5. The number of carbonyl (C=O) groups excluding carboxylic acids is 5. The van der Waals surface area contributed by atoms with Crippen LogP contribution < -0.4 is 16.4 Å². The third-order valence-corrected chi connectivity index (χ3v) is 10.6. The third kappa shape index (κ3) is 27.7. The maximum Gasteiger partial charge on any atom is 0.407 e. The SMILES string of the molecule is CCCN(CCCNC(=O)OCCOCCOCCOCCOCCOCCOCCOCCOCCOCCOCCNC(=O)CN1C(=O)C=CC1=O)C(=O)C1=Cc2ccc(S(=O)(=O)O)cc2N=C(N)C1. The second-order valence-corrected chi connectivity index (χ2v) is 16.8. The maximum absolute atomic E-state index is 13.5. The van der Waals surface area contributed by atoms with Gasteiger partial charge in [0.15, 0.2) is 0 Å². The van der Waals surface area contributed by atoms with Crippen LogP contribution >= 0.6 is 0 Å². The largest absolute Gasteiger partial charge is 0.447 e. The van der Waals surface area contributed by atoms with Crippen LogP contribution in [-0.2, 0) is 81.4 Å². The number of fused-ring (bicyclic) bond motifs is 1. The molecule has 0 bridgehead atoms. The molecule has 5 amide bonds. The van der Waals surface area contributed by atoms with Gasteiger partial charge < -0.3 is 73.4 Å². The number of amides is 5. The van der Waals surface area contributed by atoms with Crippen molar-refractivity contribution in [2.45, 2.75) is 31.1 Å². The van der Waals surface area contributed by atoms with E-state index in [1.807, 2.05) is 6.92 Å². The highest BCUT2D eigenvalue weighted by Crippen LogP contribution is 2.29. The molecule has 0 atom stereocenters. The van der Waals surface area contributed by atoms with E-state index in [1.165, 1.54) is 18.2 Å². The van der Waals surface area contributed by atoms with Gasteiger partial charge in [0, 0.05) is 55.9 Å². The lowest BCUT2D eigenvalue weighted by atomic mass is 10.1. The number of nitrogens with zero attached hydrogens (tertiary/aromatic N) is 3. The van der Waals surface area contributed by atoms with Gasteiger partial charge in [0.2, 0.25) is 11.8 Å². The van der Waals surface area contributed by atoms with Crippen molar-refractivity contribution in [3.05, 3.63) is 41.5 Å². The van der Waals surface area contributed by atoms with Crippen molar-refractivity contribution in [3.63, 3.8) is 0 Å². The van der Waals surface area contributed by atoms with Gasteiger partial charge >= 0.3 is 6.09 Å². The normalized spacial score (nSPS) is 13.4. The van der Waals surface area contributed by atoms with Crippen molar-refractivity contribution in [2.24, 2.45) is 10.7 Å². The van der Waals surface area contributed by atoms with Gasteiger partial charge in [0.1, 0.15) is 19.0 Å². The van der Waals surface area contributed by atoms with Crippen LogP contribution in [0.4, 0.5) is 10.5 Å². The molecule has 0 aromatic heterocycles. The van der Waals surface area contributed by atoms with E-state index in [-0.39, 0.29) is 68.2 Å². The molecule has 0 saturated heterocycles. The Hall–Kier alpha value is -4.97. The molecular formula is C46H72N6O19S. The Bertz CT molecular complexity index is 1970. The number of rotatable bonds is 43. The molecule has 3 rings (SSSR count). The molecular weight excluding hydrogens is 973 g/mol. The Kier molecular flexibility index (Phi) is 32.1. The Balaban J connectivity index is 0.991. The lowest BCUT2D eigenvalue weighted by Gasteiger charge is -2.23. The minimum Gasteiger partial charge on any atom is -0.447 e. The first-order valence-electron chi connectivity index (χ1n) is 23.8. The highest BCUT2D eigenvalue weighted by atomic mass is 32.2. The summed E-state index contributed by atoms with van der Waals surface area (Å²) in [4.78, 5) is 66.8. The Labute approximate surface area is 420 Å². The van der Waals surface area contributed by atoms with Gasteiger partial charge in [-0.3, -0.25) is 28.6 Å². The summed E-state index contributed by atoms with van der Waals surface area (Å²) in [6.45, 7) is 10.8. The van der Waals surface area contributed by atoms with Crippen LogP contribution in [0.3, 0.4) is 0 Å². The molecule has 2 aliphatic rings. The fourth-order valence-corrected chi connectivity index (χ4v) is 6.79. The van der Waals surface area contributed by atoms with Gasteiger partial charge in [-0.2, -0.15) is 8.42 Å². The summed E-state index contributed by atoms with van der Waals surface area (Å²) in [7, 11) is -4.44. The summed E-state index contributed by atoms with van der Waals surface area (Å²) in [6, 6.07) is 3.89. The zero-order valence-corrected chi connectivity index (χ0v) is 41.9. The summed E-state index contributed by atoms with van der Waals surface area (Å²) in [6.07, 6.45) is 4.50. The molecule has 5 N–H and O–H groups in total. The fourth-order valence-electron chi connectivity index (χ4n) is 6.29. The van der Waals surface area contributed by atoms with Gasteiger partial charge in [0.05, 0.1) is 143 Å². The molecule has 25 nitrogen and oxygen atoms in total. The molecule has 1 aromatic rings. The van der Waals surface area contributed by atoms with Crippen LogP contribution in [0.15, 0.2) is 45.8 Å². The van der Waals surface area contributed by atoms with Crippen LogP contribution in [0, 0.1) is 0 Å². The number of amidine groups is 1. The van der Waals surface area contributed by atoms with Gasteiger partial charge in [-0.05, 0) is 31.1 Å². The smallest absolute Gasteiger partial charge is 0.407 e. The number of alkyl carbamates (subject to hydrolysis) is 1. The van der Waals surface area contributed by atoms with Gasteiger partial charge in [-0.15, -0.1) is 0 Å². The van der Waals surface area contributed by atoms with Crippen molar-refractivity contribution in [1.82, 2.24) is 20.4 Å². The van der Waals surface area contributed by atoms with Crippen molar-refractivity contribution in [3.8, 4) is 0 Å². The molecule has 2 aliphatic heterocycles. The molecule has 1 aromatic carbocycles. The molecule has 2 heterocycles. The zero-order valence-electron chi connectivity index (χ0n) is 41.1. The number of imide groups is 1. The topological polar surface area (TPSA) is 310 Å². The van der Waals surface area contributed by atoms with Gasteiger partial charge in [-0.25, -0.2) is 9.79 Å². The third-order valence-electron chi connectivity index (χ3n) is 9.77. The molecule has 0 saturated carbocycles. The lowest BCUT2D eigenvalue weighted by molar-refractivity contribution is -0.141. The minimum absolute atomic E-state index is 0.0544. The second kappa shape index (κ2) is 37.7. The highest BCUT2D eigenvalue weighted by molar-refractivity contribution is 7.85. The van der Waals surface area contributed by atoms with Gasteiger partial charge in [0.25, 0.3) is 21.9 Å². The van der Waals surface area contributed by atoms with Gasteiger partial charge in [-0.1, -0.05) is 13.0 Å². The molecule has 0 unspecified atom stereocenters. The number of hydrogen-bond donors (Lipinski definition) is 4. The van der Waals surface area contributed by atoms with Crippen molar-refractivity contribution in [1.29, 1.82) is 0 Å². The lowest BCUT2D eigenvalue weighted by Crippen LogP contribution is -2.41. The molecule has 72 heavy (non-hydrogen) atoms. The standard InChI is InChI=1S/C46H72N6O19S/c1-2-10-51(45(56)38-33-37-4-5-39(72(58,59)60)35-40(37)50-41(47)34-38)11-3-8-49-46(57)71-32-31-70-30-29-69-28-27-68-26-25-67-24-23-66-22-21-65-20-19-64-18-17-63-16-15-62-14-13-61-12-9-48-42(53)36-52-43(54)6-7-44(52)55/h4-7,33,35H,2-3,8-32,34,36H2,1H3,(H2,47,50)(H,48,53)(H,49,57)(H,58,59,60). The number of aliphatic imine (C=N–C) groups is 1. The number of ether oxygens (including phenoxy) is 11. The minimum atomic E-state index is -4.44. The molecule has 0 spiro atoms. The fraction of sp³-hybridized carbons (Fsp3) is 0.652. The summed E-state index contributed by atoms with van der Waals surface area (Å²) in [5.74, 6) is -1.57. The number of benzene rings is 1. The zero-order chi connectivity index (χ0) is 52.1. The van der Waals surface area contributed by atoms with Crippen LogP contribution in [0.2, 0.25) is 0 Å². The van der Waals surface area contributed by atoms with Crippen LogP contribution in [0.5, 0.6) is 0 Å². The van der Waals surface area contributed by atoms with E-state index in [0.717, 1.165) is 17.1 Å². The molecule has 0 aliphatic carbocycles. The first-order chi connectivity index (χ1) is 34.9. The molecule has 0 radical (unpaired) electrons. The monoisotopic (exact) mass is 1040 g/mol. The van der Waals surface area contributed by atoms with E-state index in [0.29, 0.717) is 156 Å². The Morgan fingerprint density at radius 2 is 1.12 bits per heavy atom. The predicted octanol–water partition coefficient (Wildman–Crippen LogP) is 0.271. The Morgan fingerprint density at radius 3 is 1.58 bits per heavy atom. The Morgan fingerprint density at radius 1 is 0.667 bits per heavy atom. The van der Waals surface area contributed by atoms with E-state index in [1.54, 1.807) is 11.0 Å². The van der Waals surface area contributed by atoms with E-state index >= 15 is 0 Å². The summed E-state index contributed by atoms with van der Waals surface area (Å²) < 4.78 is 92.3. The van der Waals surface area contributed by atoms with Crippen molar-refractivity contribution >= 4 is 57.4 Å². The second-order valence-electron chi connectivity index (χ2n) is 15.4. The number of nitrogens with two attached hydrogens (primary N) is 1. The summed E-state index contributed by atoms with van der Waals surface area (Å²) in [5, 5.41) is 5.25. The van der Waals surface area contributed by atoms with Crippen molar-refractivity contribution < 1.29 is 89.0 Å². The molecule has 406 valence electrons. The van der Waals surface area contributed by atoms with E-state index in [4.69, 9.17) is 57.8 Å². The summed E-state index contributed by atoms with van der Waals surface area (Å²) >= 11 is 0. The molecule has 26 heteroatoms. The number of carbonyl (C=O) groups is 5. The average Bonchev–Trinajstić information content (AvgIpc) is 3.55. The molecule has 0 fully saturated rings. The van der Waals surface area contributed by atoms with E-state index in [2.05, 4.69) is 15.6 Å². The van der Waals surface area contributed by atoms with E-state index < -0.39 is 33.9 Å². The highest BCUT2D eigenvalue weighted by Gasteiger charge is 2.26. The predicted molar refractivity (Wildman–Crippen MR) is 258 cm³/mol. The number of hydrogen-bond acceptors (Lipinski definition) is 20. The number of nitrogens with one attached hydrogen (secondary N) is 2. The van der Waals surface area contributed by atoms with Crippen molar-refractivity contribution in [2.75, 3.05) is 171 Å².